The second-order valence-corrected chi connectivity index (χ2v) is 6.03. The zero-order valence-corrected chi connectivity index (χ0v) is 14.1. The van der Waals surface area contributed by atoms with Gasteiger partial charge in [-0.25, -0.2) is 4.98 Å². The first-order chi connectivity index (χ1) is 12.8. The van der Waals surface area contributed by atoms with Crippen LogP contribution >= 0.6 is 0 Å². The molecule has 1 aliphatic heterocycles. The van der Waals surface area contributed by atoms with Crippen molar-refractivity contribution in [2.24, 2.45) is 0 Å². The Bertz CT molecular complexity index is 868. The van der Waals surface area contributed by atoms with E-state index in [9.17, 15) is 4.79 Å². The number of amides is 1. The number of rotatable bonds is 4. The number of nitrogens with zero attached hydrogens (tertiary/aromatic N) is 6. The molecule has 0 N–H and O–H groups in total. The van der Waals surface area contributed by atoms with Crippen molar-refractivity contribution < 1.29 is 9.53 Å². The van der Waals surface area contributed by atoms with Gasteiger partial charge in [-0.2, -0.15) is 9.90 Å². The maximum Gasteiger partial charge on any atom is 0.276 e. The second kappa shape index (κ2) is 7.30. The minimum absolute atomic E-state index is 0.103. The van der Waals surface area contributed by atoms with Crippen LogP contribution in [0.4, 0.5) is 0 Å². The first-order valence-electron chi connectivity index (χ1n) is 8.49. The summed E-state index contributed by atoms with van der Waals surface area (Å²) < 4.78 is 5.84. The quantitative estimate of drug-likeness (QED) is 0.712. The number of likely N-dealkylation sites (tertiary alicyclic amines) is 1. The summed E-state index contributed by atoms with van der Waals surface area (Å²) in [6.07, 6.45) is 7.89. The molecule has 1 saturated heterocycles. The fraction of sp³-hybridized carbons (Fsp3) is 0.278. The molecule has 0 bridgehead atoms. The van der Waals surface area contributed by atoms with Gasteiger partial charge in [-0.15, -0.1) is 5.10 Å². The van der Waals surface area contributed by atoms with Gasteiger partial charge < -0.3 is 9.64 Å². The van der Waals surface area contributed by atoms with Gasteiger partial charge in [0.15, 0.2) is 5.69 Å². The Hall–Kier alpha value is -3.29. The summed E-state index contributed by atoms with van der Waals surface area (Å²) >= 11 is 0. The van der Waals surface area contributed by atoms with Crippen LogP contribution in [0.2, 0.25) is 0 Å². The molecule has 0 saturated carbocycles. The molecule has 1 aromatic carbocycles. The van der Waals surface area contributed by atoms with E-state index in [-0.39, 0.29) is 12.0 Å². The van der Waals surface area contributed by atoms with Crippen molar-refractivity contribution in [2.45, 2.75) is 18.9 Å². The van der Waals surface area contributed by atoms with Crippen LogP contribution < -0.4 is 4.74 Å². The molecule has 3 heterocycles. The number of para-hydroxylation sites is 1. The Balaban J connectivity index is 1.44. The van der Waals surface area contributed by atoms with Gasteiger partial charge in [0.25, 0.3) is 5.91 Å². The highest BCUT2D eigenvalue weighted by molar-refractivity contribution is 5.92. The number of aromatic nitrogens is 5. The van der Waals surface area contributed by atoms with Gasteiger partial charge in [-0.05, 0) is 25.0 Å². The van der Waals surface area contributed by atoms with Crippen LogP contribution in [0.5, 0.6) is 5.88 Å². The van der Waals surface area contributed by atoms with Crippen molar-refractivity contribution >= 4 is 5.91 Å². The number of carbonyl (C=O) groups excluding carboxylic acids is 1. The molecular weight excluding hydrogens is 332 g/mol. The molecule has 2 aromatic heterocycles. The van der Waals surface area contributed by atoms with E-state index < -0.39 is 0 Å². The number of hydrogen-bond donors (Lipinski definition) is 0. The number of piperidine rings is 1. The lowest BCUT2D eigenvalue weighted by molar-refractivity contribution is 0.0521. The van der Waals surface area contributed by atoms with Crippen LogP contribution in [0, 0.1) is 0 Å². The van der Waals surface area contributed by atoms with E-state index in [0.717, 1.165) is 18.5 Å². The standard InChI is InChI=1S/C18H18N6O2/c25-18(16-11-21-24(22-16)14-5-2-1-3-6-14)23-10-4-7-15(13-23)26-17-12-19-8-9-20-17/h1-3,5-6,8-9,11-12,15H,4,7,10,13H2. The minimum atomic E-state index is -0.139. The Morgan fingerprint density at radius 2 is 2.04 bits per heavy atom. The summed E-state index contributed by atoms with van der Waals surface area (Å²) in [5.74, 6) is 0.335. The smallest absolute Gasteiger partial charge is 0.276 e. The lowest BCUT2D eigenvalue weighted by atomic mass is 10.1. The molecule has 3 aromatic rings. The van der Waals surface area contributed by atoms with Crippen LogP contribution in [0.15, 0.2) is 55.1 Å². The minimum Gasteiger partial charge on any atom is -0.471 e. The molecule has 1 amide bonds. The molecule has 1 unspecified atom stereocenters. The molecule has 0 spiro atoms. The van der Waals surface area contributed by atoms with Crippen LogP contribution in [0.25, 0.3) is 5.69 Å². The Morgan fingerprint density at radius 3 is 2.85 bits per heavy atom. The van der Waals surface area contributed by atoms with E-state index in [0.29, 0.717) is 24.7 Å². The highest BCUT2D eigenvalue weighted by Gasteiger charge is 2.27. The summed E-state index contributed by atoms with van der Waals surface area (Å²) in [4.78, 5) is 24.1. The summed E-state index contributed by atoms with van der Waals surface area (Å²) in [6.45, 7) is 1.17. The largest absolute Gasteiger partial charge is 0.471 e. The van der Waals surface area contributed by atoms with E-state index in [2.05, 4.69) is 20.2 Å². The van der Waals surface area contributed by atoms with Crippen molar-refractivity contribution in [3.8, 4) is 11.6 Å². The molecule has 26 heavy (non-hydrogen) atoms. The van der Waals surface area contributed by atoms with E-state index in [1.807, 2.05) is 30.3 Å². The average Bonchev–Trinajstić information content (AvgIpc) is 3.19. The van der Waals surface area contributed by atoms with Gasteiger partial charge >= 0.3 is 0 Å². The van der Waals surface area contributed by atoms with Crippen LogP contribution in [-0.2, 0) is 0 Å². The van der Waals surface area contributed by atoms with Crippen molar-refractivity contribution in [3.63, 3.8) is 0 Å². The Kier molecular flexibility index (Phi) is 4.55. The molecule has 4 rings (SSSR count). The molecule has 1 aliphatic rings. The van der Waals surface area contributed by atoms with Gasteiger partial charge in [0, 0.05) is 18.9 Å². The lowest BCUT2D eigenvalue weighted by Crippen LogP contribution is -2.44. The van der Waals surface area contributed by atoms with Gasteiger partial charge in [0.05, 0.1) is 24.6 Å². The molecular formula is C18H18N6O2. The van der Waals surface area contributed by atoms with Gasteiger partial charge in [-0.1, -0.05) is 18.2 Å². The maximum atomic E-state index is 12.8. The van der Waals surface area contributed by atoms with E-state index >= 15 is 0 Å². The number of hydrogen-bond acceptors (Lipinski definition) is 6. The molecule has 1 fully saturated rings. The molecule has 1 atom stereocenters. The van der Waals surface area contributed by atoms with E-state index in [1.54, 1.807) is 23.5 Å². The average molecular weight is 350 g/mol. The third-order valence-corrected chi connectivity index (χ3v) is 4.19. The predicted octanol–water partition coefficient (Wildman–Crippen LogP) is 1.74. The topological polar surface area (TPSA) is 86.0 Å². The monoisotopic (exact) mass is 350 g/mol. The highest BCUT2D eigenvalue weighted by atomic mass is 16.5. The van der Waals surface area contributed by atoms with E-state index in [1.165, 1.54) is 11.0 Å². The third kappa shape index (κ3) is 3.53. The van der Waals surface area contributed by atoms with Crippen LogP contribution in [0.1, 0.15) is 23.3 Å². The Labute approximate surface area is 150 Å². The first kappa shape index (κ1) is 16.2. The van der Waals surface area contributed by atoms with E-state index in [4.69, 9.17) is 4.74 Å². The molecule has 8 heteroatoms. The Morgan fingerprint density at radius 1 is 1.15 bits per heavy atom. The van der Waals surface area contributed by atoms with Crippen molar-refractivity contribution in [3.05, 3.63) is 60.8 Å². The summed E-state index contributed by atoms with van der Waals surface area (Å²) in [6, 6.07) is 9.50. The van der Waals surface area contributed by atoms with Gasteiger partial charge in [0.2, 0.25) is 5.88 Å². The van der Waals surface area contributed by atoms with Crippen LogP contribution in [-0.4, -0.2) is 55.0 Å². The maximum absolute atomic E-state index is 12.8. The zero-order valence-electron chi connectivity index (χ0n) is 14.1. The SMILES string of the molecule is O=C(c1cnn(-c2ccccc2)n1)N1CCCC(Oc2cnccn2)C1. The van der Waals surface area contributed by atoms with Gasteiger partial charge in [-0.3, -0.25) is 9.78 Å². The fourth-order valence-corrected chi connectivity index (χ4v) is 2.94. The summed E-state index contributed by atoms with van der Waals surface area (Å²) in [5.41, 5.74) is 1.14. The second-order valence-electron chi connectivity index (χ2n) is 6.03. The number of benzene rings is 1. The van der Waals surface area contributed by atoms with Crippen LogP contribution in [0.3, 0.4) is 0 Å². The predicted molar refractivity (Wildman–Crippen MR) is 92.9 cm³/mol. The highest BCUT2D eigenvalue weighted by Crippen LogP contribution is 2.17. The number of carbonyl (C=O) groups is 1. The zero-order chi connectivity index (χ0) is 17.8. The number of ether oxygens (including phenoxy) is 1. The molecule has 0 radical (unpaired) electrons. The summed E-state index contributed by atoms with van der Waals surface area (Å²) in [5, 5.41) is 8.51. The fourth-order valence-electron chi connectivity index (χ4n) is 2.94. The molecule has 0 aliphatic carbocycles. The third-order valence-electron chi connectivity index (χ3n) is 4.19. The summed E-state index contributed by atoms with van der Waals surface area (Å²) in [7, 11) is 0. The van der Waals surface area contributed by atoms with Gasteiger partial charge in [0.1, 0.15) is 6.10 Å². The lowest BCUT2D eigenvalue weighted by Gasteiger charge is -2.32. The normalized spacial score (nSPS) is 17.1. The first-order valence-corrected chi connectivity index (χ1v) is 8.49. The van der Waals surface area contributed by atoms with Crippen molar-refractivity contribution in [1.29, 1.82) is 0 Å². The molecule has 8 nitrogen and oxygen atoms in total. The van der Waals surface area contributed by atoms with Crippen molar-refractivity contribution in [1.82, 2.24) is 29.9 Å². The molecule has 132 valence electrons. The van der Waals surface area contributed by atoms with Crippen molar-refractivity contribution in [2.75, 3.05) is 13.1 Å².